The van der Waals surface area contributed by atoms with Crippen LogP contribution in [0.4, 0.5) is 5.82 Å². The van der Waals surface area contributed by atoms with Gasteiger partial charge in [0.1, 0.15) is 5.82 Å². The molecular formula is C24H33N3O3S. The van der Waals surface area contributed by atoms with E-state index in [-0.39, 0.29) is 36.5 Å². The van der Waals surface area contributed by atoms with Gasteiger partial charge in [0.2, 0.25) is 0 Å². The van der Waals surface area contributed by atoms with E-state index in [0.717, 1.165) is 6.42 Å². The Morgan fingerprint density at radius 3 is 2.19 bits per heavy atom. The van der Waals surface area contributed by atoms with Crippen molar-refractivity contribution in [2.45, 2.75) is 40.2 Å². The molecule has 1 aliphatic heterocycles. The van der Waals surface area contributed by atoms with E-state index >= 15 is 0 Å². The normalized spacial score (nSPS) is 17.0. The molecule has 2 heterocycles. The minimum absolute atomic E-state index is 0.0256. The lowest BCUT2D eigenvalue weighted by Crippen LogP contribution is -2.43. The van der Waals surface area contributed by atoms with E-state index in [2.05, 4.69) is 62.3 Å². The number of nitrogens with one attached hydrogen (secondary N) is 1. The molecule has 0 aliphatic carbocycles. The first kappa shape index (κ1) is 23.3. The fraction of sp³-hybridized carbons (Fsp3) is 0.500. The summed E-state index contributed by atoms with van der Waals surface area (Å²) in [4.78, 5) is 18.7. The maximum Gasteiger partial charge on any atom is 0.255 e. The third kappa shape index (κ3) is 6.29. The minimum atomic E-state index is -3.01. The smallest absolute Gasteiger partial charge is 0.255 e. The predicted octanol–water partition coefficient (Wildman–Crippen LogP) is 3.96. The standard InChI is InChI=1S/C24H33N3O3S/c1-17(2)15-19-5-7-20(8-6-19)23(18(3)4)26-22-10-9-21(16-25-22)24(28)27-11-13-31(29,30)14-12-27/h5-10,16-18,23H,11-15H2,1-4H3,(H,25,26). The fourth-order valence-electron chi connectivity index (χ4n) is 3.83. The molecule has 31 heavy (non-hydrogen) atoms. The van der Waals surface area contributed by atoms with Crippen LogP contribution < -0.4 is 5.32 Å². The van der Waals surface area contributed by atoms with Crippen molar-refractivity contribution in [2.24, 2.45) is 11.8 Å². The molecule has 2 aromatic rings. The minimum Gasteiger partial charge on any atom is -0.363 e. The average molecular weight is 444 g/mol. The van der Waals surface area contributed by atoms with Crippen molar-refractivity contribution in [1.29, 1.82) is 0 Å². The number of hydrogen-bond donors (Lipinski definition) is 1. The van der Waals surface area contributed by atoms with Crippen LogP contribution in [-0.2, 0) is 16.3 Å². The molecule has 1 fully saturated rings. The van der Waals surface area contributed by atoms with Crippen LogP contribution >= 0.6 is 0 Å². The first-order valence-corrected chi connectivity index (χ1v) is 12.8. The number of nitrogens with zero attached hydrogens (tertiary/aromatic N) is 2. The summed E-state index contributed by atoms with van der Waals surface area (Å²) >= 11 is 0. The Bertz CT molecular complexity index is 970. The number of sulfone groups is 1. The van der Waals surface area contributed by atoms with Crippen LogP contribution in [0.15, 0.2) is 42.6 Å². The Balaban J connectivity index is 1.67. The first-order valence-electron chi connectivity index (χ1n) is 11.0. The van der Waals surface area contributed by atoms with Crippen molar-refractivity contribution < 1.29 is 13.2 Å². The van der Waals surface area contributed by atoms with E-state index in [9.17, 15) is 13.2 Å². The van der Waals surface area contributed by atoms with Gasteiger partial charge in [-0.3, -0.25) is 4.79 Å². The molecule has 1 N–H and O–H groups in total. The molecule has 1 unspecified atom stereocenters. The molecule has 168 valence electrons. The molecular weight excluding hydrogens is 410 g/mol. The lowest BCUT2D eigenvalue weighted by atomic mass is 9.93. The number of pyridine rings is 1. The quantitative estimate of drug-likeness (QED) is 0.701. The molecule has 1 amide bonds. The highest BCUT2D eigenvalue weighted by Crippen LogP contribution is 2.26. The second kappa shape index (κ2) is 9.81. The van der Waals surface area contributed by atoms with Crippen molar-refractivity contribution >= 4 is 21.6 Å². The number of carbonyl (C=O) groups is 1. The van der Waals surface area contributed by atoms with Crippen LogP contribution in [0.3, 0.4) is 0 Å². The monoisotopic (exact) mass is 443 g/mol. The van der Waals surface area contributed by atoms with Gasteiger partial charge in [-0.05, 0) is 41.5 Å². The average Bonchev–Trinajstić information content (AvgIpc) is 2.72. The van der Waals surface area contributed by atoms with E-state index in [0.29, 0.717) is 23.2 Å². The number of anilines is 1. The number of rotatable bonds is 7. The molecule has 0 saturated carbocycles. The predicted molar refractivity (Wildman–Crippen MR) is 125 cm³/mol. The van der Waals surface area contributed by atoms with Crippen LogP contribution in [0.5, 0.6) is 0 Å². The van der Waals surface area contributed by atoms with E-state index in [1.165, 1.54) is 11.1 Å². The molecule has 3 rings (SSSR count). The zero-order valence-electron chi connectivity index (χ0n) is 18.8. The molecule has 1 aromatic carbocycles. The van der Waals surface area contributed by atoms with Crippen LogP contribution in [-0.4, -0.2) is 48.8 Å². The molecule has 7 heteroatoms. The zero-order valence-corrected chi connectivity index (χ0v) is 19.7. The van der Waals surface area contributed by atoms with Crippen molar-refractivity contribution in [1.82, 2.24) is 9.88 Å². The number of carbonyl (C=O) groups excluding carboxylic acids is 1. The Morgan fingerprint density at radius 2 is 1.68 bits per heavy atom. The third-order valence-corrected chi connectivity index (χ3v) is 7.20. The molecule has 1 aromatic heterocycles. The lowest BCUT2D eigenvalue weighted by Gasteiger charge is -2.27. The molecule has 0 bridgehead atoms. The van der Waals surface area contributed by atoms with Gasteiger partial charge in [-0.15, -0.1) is 0 Å². The molecule has 0 spiro atoms. The van der Waals surface area contributed by atoms with Gasteiger partial charge in [0, 0.05) is 19.3 Å². The maximum absolute atomic E-state index is 12.7. The maximum atomic E-state index is 12.7. The van der Waals surface area contributed by atoms with Gasteiger partial charge in [-0.2, -0.15) is 0 Å². The number of amides is 1. The topological polar surface area (TPSA) is 79.4 Å². The van der Waals surface area contributed by atoms with E-state index in [4.69, 9.17) is 0 Å². The lowest BCUT2D eigenvalue weighted by molar-refractivity contribution is 0.0770. The second-order valence-electron chi connectivity index (χ2n) is 9.08. The first-order chi connectivity index (χ1) is 14.6. The Morgan fingerprint density at radius 1 is 1.03 bits per heavy atom. The number of aromatic nitrogens is 1. The largest absolute Gasteiger partial charge is 0.363 e. The van der Waals surface area contributed by atoms with Gasteiger partial charge in [-0.25, -0.2) is 13.4 Å². The molecule has 1 atom stereocenters. The van der Waals surface area contributed by atoms with Gasteiger partial charge in [0.05, 0.1) is 23.1 Å². The summed E-state index contributed by atoms with van der Waals surface area (Å²) in [6.07, 6.45) is 2.64. The molecule has 1 saturated heterocycles. The van der Waals surface area contributed by atoms with Crippen LogP contribution in [0.25, 0.3) is 0 Å². The van der Waals surface area contributed by atoms with E-state index in [1.807, 2.05) is 6.07 Å². The van der Waals surface area contributed by atoms with Gasteiger partial charge in [-0.1, -0.05) is 52.0 Å². The second-order valence-corrected chi connectivity index (χ2v) is 11.4. The highest BCUT2D eigenvalue weighted by atomic mass is 32.2. The molecule has 1 aliphatic rings. The van der Waals surface area contributed by atoms with Crippen molar-refractivity contribution in [3.63, 3.8) is 0 Å². The molecule has 6 nitrogen and oxygen atoms in total. The zero-order chi connectivity index (χ0) is 22.6. The van der Waals surface area contributed by atoms with Gasteiger partial charge < -0.3 is 10.2 Å². The summed E-state index contributed by atoms with van der Waals surface area (Å²) < 4.78 is 23.2. The molecule has 0 radical (unpaired) electrons. The highest BCUT2D eigenvalue weighted by molar-refractivity contribution is 7.91. The van der Waals surface area contributed by atoms with E-state index < -0.39 is 9.84 Å². The third-order valence-electron chi connectivity index (χ3n) is 5.59. The van der Waals surface area contributed by atoms with Gasteiger partial charge in [0.15, 0.2) is 9.84 Å². The Hall–Kier alpha value is -2.41. The van der Waals surface area contributed by atoms with Gasteiger partial charge in [0.25, 0.3) is 5.91 Å². The van der Waals surface area contributed by atoms with Crippen LogP contribution in [0.1, 0.15) is 55.2 Å². The summed E-state index contributed by atoms with van der Waals surface area (Å²) in [5, 5.41) is 3.50. The van der Waals surface area contributed by atoms with Gasteiger partial charge >= 0.3 is 0 Å². The Kier molecular flexibility index (Phi) is 7.36. The fourth-order valence-corrected chi connectivity index (χ4v) is 5.03. The van der Waals surface area contributed by atoms with Crippen molar-refractivity contribution in [3.8, 4) is 0 Å². The number of benzene rings is 1. The van der Waals surface area contributed by atoms with Crippen molar-refractivity contribution in [2.75, 3.05) is 29.9 Å². The summed E-state index contributed by atoms with van der Waals surface area (Å²) in [5.74, 6) is 1.58. The van der Waals surface area contributed by atoms with Crippen LogP contribution in [0.2, 0.25) is 0 Å². The summed E-state index contributed by atoms with van der Waals surface area (Å²) in [6.45, 7) is 9.26. The highest BCUT2D eigenvalue weighted by Gasteiger charge is 2.26. The SMILES string of the molecule is CC(C)Cc1ccc(C(Nc2ccc(C(=O)N3CCS(=O)(=O)CC3)cn2)C(C)C)cc1. The summed E-state index contributed by atoms with van der Waals surface area (Å²) in [7, 11) is -3.01. The summed E-state index contributed by atoms with van der Waals surface area (Å²) in [6, 6.07) is 12.4. The van der Waals surface area contributed by atoms with E-state index in [1.54, 1.807) is 17.2 Å². The Labute approximate surface area is 186 Å². The summed E-state index contributed by atoms with van der Waals surface area (Å²) in [5.41, 5.74) is 3.02. The van der Waals surface area contributed by atoms with Crippen LogP contribution in [0, 0.1) is 11.8 Å². The number of hydrogen-bond acceptors (Lipinski definition) is 5. The van der Waals surface area contributed by atoms with Crippen molar-refractivity contribution in [3.05, 3.63) is 59.3 Å².